The van der Waals surface area contributed by atoms with Crippen molar-refractivity contribution in [3.63, 3.8) is 0 Å². The first-order valence-electron chi connectivity index (χ1n) is 4.36. The van der Waals surface area contributed by atoms with E-state index >= 15 is 0 Å². The Balaban J connectivity index is 2.41. The number of aromatic nitrogens is 2. The van der Waals surface area contributed by atoms with Crippen molar-refractivity contribution in [3.05, 3.63) is 40.1 Å². The van der Waals surface area contributed by atoms with Gasteiger partial charge in [0.25, 0.3) is 0 Å². The molecule has 0 spiro atoms. The van der Waals surface area contributed by atoms with Crippen LogP contribution in [0.25, 0.3) is 0 Å². The van der Waals surface area contributed by atoms with Gasteiger partial charge in [-0.2, -0.15) is 0 Å². The molecule has 2 aromatic rings. The maximum Gasteiger partial charge on any atom is 0.232 e. The van der Waals surface area contributed by atoms with Gasteiger partial charge in [-0.25, -0.2) is 4.98 Å². The van der Waals surface area contributed by atoms with Gasteiger partial charge in [0.05, 0.1) is 10.7 Å². The first kappa shape index (κ1) is 9.79. The van der Waals surface area contributed by atoms with Gasteiger partial charge in [-0.15, -0.1) is 11.3 Å². The van der Waals surface area contributed by atoms with E-state index in [1.165, 1.54) is 11.3 Å². The maximum atomic E-state index is 11.9. The van der Waals surface area contributed by atoms with Crippen molar-refractivity contribution >= 4 is 22.8 Å². The van der Waals surface area contributed by atoms with E-state index in [1.54, 1.807) is 23.7 Å². The van der Waals surface area contributed by atoms with Crippen LogP contribution in [0.2, 0.25) is 0 Å². The summed E-state index contributed by atoms with van der Waals surface area (Å²) in [6.07, 6.45) is 1.54. The fourth-order valence-electron chi connectivity index (χ4n) is 1.20. The normalized spacial score (nSPS) is 10.2. The average Bonchev–Trinajstić information content (AvgIpc) is 2.65. The van der Waals surface area contributed by atoms with Crippen molar-refractivity contribution in [1.82, 2.24) is 9.97 Å². The number of nitrogen functional groups attached to an aromatic ring is 1. The van der Waals surface area contributed by atoms with Gasteiger partial charge in [-0.3, -0.25) is 9.78 Å². The number of rotatable bonds is 2. The van der Waals surface area contributed by atoms with Crippen LogP contribution in [0, 0.1) is 6.92 Å². The number of ketones is 1. The van der Waals surface area contributed by atoms with Crippen LogP contribution in [0.1, 0.15) is 21.2 Å². The zero-order chi connectivity index (χ0) is 10.8. The minimum Gasteiger partial charge on any atom is -0.397 e. The summed E-state index contributed by atoms with van der Waals surface area (Å²) in [6.45, 7) is 1.85. The van der Waals surface area contributed by atoms with E-state index < -0.39 is 0 Å². The molecule has 0 fully saturated rings. The molecule has 0 bridgehead atoms. The van der Waals surface area contributed by atoms with E-state index in [1.807, 2.05) is 6.92 Å². The molecule has 4 nitrogen and oxygen atoms in total. The smallest absolute Gasteiger partial charge is 0.232 e. The molecule has 0 aliphatic carbocycles. The van der Waals surface area contributed by atoms with Gasteiger partial charge >= 0.3 is 0 Å². The number of nitrogens with zero attached hydrogens (tertiary/aromatic N) is 2. The highest BCUT2D eigenvalue weighted by Crippen LogP contribution is 2.15. The topological polar surface area (TPSA) is 68.9 Å². The second-order valence-electron chi connectivity index (χ2n) is 3.02. The van der Waals surface area contributed by atoms with Crippen LogP contribution < -0.4 is 5.73 Å². The lowest BCUT2D eigenvalue weighted by Crippen LogP contribution is -2.08. The van der Waals surface area contributed by atoms with Crippen molar-refractivity contribution in [2.75, 3.05) is 5.73 Å². The van der Waals surface area contributed by atoms with Crippen LogP contribution in [-0.2, 0) is 0 Å². The van der Waals surface area contributed by atoms with Gasteiger partial charge < -0.3 is 5.73 Å². The number of thiazole rings is 1. The van der Waals surface area contributed by atoms with Crippen LogP contribution >= 0.6 is 11.3 Å². The zero-order valence-electron chi connectivity index (χ0n) is 8.10. The van der Waals surface area contributed by atoms with Gasteiger partial charge in [-0.05, 0) is 19.1 Å². The summed E-state index contributed by atoms with van der Waals surface area (Å²) >= 11 is 1.43. The minimum absolute atomic E-state index is 0.225. The van der Waals surface area contributed by atoms with Crippen molar-refractivity contribution in [2.24, 2.45) is 0 Å². The summed E-state index contributed by atoms with van der Waals surface area (Å²) in [5, 5.41) is 2.57. The second-order valence-corrected chi connectivity index (χ2v) is 4.08. The van der Waals surface area contributed by atoms with Gasteiger partial charge in [0.2, 0.25) is 5.78 Å². The Morgan fingerprint density at radius 1 is 1.53 bits per heavy atom. The fraction of sp³-hybridized carbons (Fsp3) is 0.100. The standard InChI is InChI=1S/C10H9N3OS/c1-6-13-8(5-15-6)10(14)9-7(11)3-2-4-12-9/h2-5H,11H2,1H3. The average molecular weight is 219 g/mol. The Hall–Kier alpha value is -1.75. The van der Waals surface area contributed by atoms with Crippen LogP contribution in [-0.4, -0.2) is 15.8 Å². The molecule has 0 radical (unpaired) electrons. The molecule has 2 N–H and O–H groups in total. The van der Waals surface area contributed by atoms with Crippen LogP contribution in [0.4, 0.5) is 5.69 Å². The van der Waals surface area contributed by atoms with E-state index in [-0.39, 0.29) is 11.5 Å². The van der Waals surface area contributed by atoms with E-state index in [2.05, 4.69) is 9.97 Å². The Morgan fingerprint density at radius 2 is 2.33 bits per heavy atom. The summed E-state index contributed by atoms with van der Waals surface area (Å²) < 4.78 is 0. The fourth-order valence-corrected chi connectivity index (χ4v) is 1.79. The number of carbonyl (C=O) groups is 1. The molecule has 0 aliphatic heterocycles. The maximum absolute atomic E-state index is 11.9. The molecule has 0 amide bonds. The highest BCUT2D eigenvalue weighted by Gasteiger charge is 2.15. The Bertz CT molecular complexity index is 507. The van der Waals surface area contributed by atoms with E-state index in [4.69, 9.17) is 5.73 Å². The lowest BCUT2D eigenvalue weighted by molar-refractivity contribution is 0.103. The molecule has 0 unspecified atom stereocenters. The molecular weight excluding hydrogens is 210 g/mol. The molecule has 2 rings (SSSR count). The molecule has 0 saturated heterocycles. The lowest BCUT2D eigenvalue weighted by atomic mass is 10.2. The molecule has 0 aliphatic rings. The van der Waals surface area contributed by atoms with Gasteiger partial charge in [0, 0.05) is 11.6 Å². The zero-order valence-corrected chi connectivity index (χ0v) is 8.91. The number of nitrogens with two attached hydrogens (primary N) is 1. The summed E-state index contributed by atoms with van der Waals surface area (Å²) in [6, 6.07) is 3.35. The summed E-state index contributed by atoms with van der Waals surface area (Å²) in [5.41, 5.74) is 6.71. The number of carbonyl (C=O) groups excluding carboxylic acids is 1. The van der Waals surface area contributed by atoms with Crippen LogP contribution in [0.5, 0.6) is 0 Å². The van der Waals surface area contributed by atoms with Gasteiger partial charge in [0.15, 0.2) is 0 Å². The highest BCUT2D eigenvalue weighted by atomic mass is 32.1. The molecule has 0 aromatic carbocycles. The van der Waals surface area contributed by atoms with Gasteiger partial charge in [0.1, 0.15) is 11.4 Å². The number of hydrogen-bond donors (Lipinski definition) is 1. The highest BCUT2D eigenvalue weighted by molar-refractivity contribution is 7.09. The molecular formula is C10H9N3OS. The molecule has 2 heterocycles. The van der Waals surface area contributed by atoms with Crippen molar-refractivity contribution < 1.29 is 4.79 Å². The van der Waals surface area contributed by atoms with Crippen molar-refractivity contribution in [2.45, 2.75) is 6.92 Å². The summed E-state index contributed by atoms with van der Waals surface area (Å²) in [7, 11) is 0. The molecule has 0 atom stereocenters. The first-order valence-corrected chi connectivity index (χ1v) is 5.24. The second kappa shape index (κ2) is 3.78. The van der Waals surface area contributed by atoms with Crippen LogP contribution in [0.15, 0.2) is 23.7 Å². The number of pyridine rings is 1. The third-order valence-corrected chi connectivity index (χ3v) is 2.68. The summed E-state index contributed by atoms with van der Waals surface area (Å²) in [4.78, 5) is 19.9. The molecule has 5 heteroatoms. The number of aryl methyl sites for hydroxylation is 1. The molecule has 0 saturated carbocycles. The summed E-state index contributed by atoms with van der Waals surface area (Å²) in [5.74, 6) is -0.225. The largest absolute Gasteiger partial charge is 0.397 e. The molecule has 76 valence electrons. The molecule has 15 heavy (non-hydrogen) atoms. The predicted molar refractivity (Wildman–Crippen MR) is 58.9 cm³/mol. The lowest BCUT2D eigenvalue weighted by Gasteiger charge is -1.99. The Kier molecular flexibility index (Phi) is 2.47. The van der Waals surface area contributed by atoms with E-state index in [0.717, 1.165) is 5.01 Å². The van der Waals surface area contributed by atoms with Crippen molar-refractivity contribution in [3.8, 4) is 0 Å². The monoisotopic (exact) mass is 219 g/mol. The third kappa shape index (κ3) is 1.87. The SMILES string of the molecule is Cc1nc(C(=O)c2ncccc2N)cs1. The quantitative estimate of drug-likeness (QED) is 0.780. The van der Waals surface area contributed by atoms with Gasteiger partial charge in [-0.1, -0.05) is 0 Å². The minimum atomic E-state index is -0.225. The first-order chi connectivity index (χ1) is 7.18. The number of anilines is 1. The van der Waals surface area contributed by atoms with Crippen LogP contribution in [0.3, 0.4) is 0 Å². The Labute approximate surface area is 90.8 Å². The van der Waals surface area contributed by atoms with E-state index in [9.17, 15) is 4.79 Å². The predicted octanol–water partition coefficient (Wildman–Crippen LogP) is 1.66. The van der Waals surface area contributed by atoms with Crippen molar-refractivity contribution in [1.29, 1.82) is 0 Å². The van der Waals surface area contributed by atoms with E-state index in [0.29, 0.717) is 11.4 Å². The Morgan fingerprint density at radius 3 is 2.93 bits per heavy atom. The number of hydrogen-bond acceptors (Lipinski definition) is 5. The third-order valence-electron chi connectivity index (χ3n) is 1.91. The molecule has 2 aromatic heterocycles.